The molecule has 4 heteroatoms. The highest BCUT2D eigenvalue weighted by molar-refractivity contribution is 5.01. The number of hydrogen-bond acceptors (Lipinski definition) is 4. The van der Waals surface area contributed by atoms with E-state index in [-0.39, 0.29) is 0 Å². The second-order valence-electron chi connectivity index (χ2n) is 4.97. The minimum absolute atomic E-state index is 0.736. The monoisotopic (exact) mass is 224 g/mol. The standard InChI is InChI=1S/C10H18N4.C2H6/c1-2-12-7-8-14-4-3-13-6-5-11(1)9(12)10(13)14;1-2/h9-10H,1-8H2;1-2H3. The van der Waals surface area contributed by atoms with Crippen LogP contribution in [0, 0.1) is 0 Å². The van der Waals surface area contributed by atoms with Crippen molar-refractivity contribution < 1.29 is 0 Å². The molecule has 4 aliphatic rings. The van der Waals surface area contributed by atoms with Gasteiger partial charge in [0.15, 0.2) is 0 Å². The van der Waals surface area contributed by atoms with Crippen LogP contribution in [0.1, 0.15) is 13.8 Å². The van der Waals surface area contributed by atoms with E-state index < -0.39 is 0 Å². The summed E-state index contributed by atoms with van der Waals surface area (Å²) in [5.74, 6) is 0. The van der Waals surface area contributed by atoms with Gasteiger partial charge in [-0.2, -0.15) is 0 Å². The van der Waals surface area contributed by atoms with Gasteiger partial charge in [-0.1, -0.05) is 13.8 Å². The Labute approximate surface area is 98.8 Å². The maximum absolute atomic E-state index is 2.69. The van der Waals surface area contributed by atoms with Crippen LogP contribution in [0.3, 0.4) is 0 Å². The van der Waals surface area contributed by atoms with Crippen molar-refractivity contribution in [2.75, 3.05) is 52.4 Å². The third kappa shape index (κ3) is 1.44. The van der Waals surface area contributed by atoms with Crippen molar-refractivity contribution in [3.63, 3.8) is 0 Å². The highest BCUT2D eigenvalue weighted by Crippen LogP contribution is 2.32. The zero-order valence-corrected chi connectivity index (χ0v) is 10.6. The number of hydrogen-bond donors (Lipinski definition) is 0. The second-order valence-corrected chi connectivity index (χ2v) is 4.97. The van der Waals surface area contributed by atoms with Gasteiger partial charge in [-0.25, -0.2) is 0 Å². The molecule has 0 N–H and O–H groups in total. The summed E-state index contributed by atoms with van der Waals surface area (Å²) >= 11 is 0. The summed E-state index contributed by atoms with van der Waals surface area (Å²) in [7, 11) is 0. The minimum atomic E-state index is 0.736. The van der Waals surface area contributed by atoms with Crippen LogP contribution in [0.15, 0.2) is 0 Å². The first-order valence-electron chi connectivity index (χ1n) is 6.90. The van der Waals surface area contributed by atoms with Crippen molar-refractivity contribution in [3.05, 3.63) is 0 Å². The van der Waals surface area contributed by atoms with Crippen LogP contribution >= 0.6 is 0 Å². The molecule has 4 fully saturated rings. The molecule has 0 aliphatic carbocycles. The van der Waals surface area contributed by atoms with Crippen LogP contribution in [-0.2, 0) is 0 Å². The summed E-state index contributed by atoms with van der Waals surface area (Å²) in [5.41, 5.74) is 0. The van der Waals surface area contributed by atoms with Crippen molar-refractivity contribution in [3.8, 4) is 0 Å². The van der Waals surface area contributed by atoms with E-state index in [4.69, 9.17) is 0 Å². The molecule has 0 atom stereocenters. The van der Waals surface area contributed by atoms with E-state index in [0.717, 1.165) is 12.3 Å². The van der Waals surface area contributed by atoms with Gasteiger partial charge in [-0.15, -0.1) is 0 Å². The molecule has 4 saturated heterocycles. The summed E-state index contributed by atoms with van der Waals surface area (Å²) in [4.78, 5) is 10.8. The zero-order valence-electron chi connectivity index (χ0n) is 10.6. The average molecular weight is 224 g/mol. The molecule has 0 spiro atoms. The number of rotatable bonds is 0. The Morgan fingerprint density at radius 2 is 0.688 bits per heavy atom. The Morgan fingerprint density at radius 3 is 0.875 bits per heavy atom. The molecule has 0 amide bonds. The van der Waals surface area contributed by atoms with Crippen molar-refractivity contribution in [2.45, 2.75) is 26.2 Å². The van der Waals surface area contributed by atoms with E-state index in [1.165, 1.54) is 52.4 Å². The lowest BCUT2D eigenvalue weighted by Crippen LogP contribution is -2.66. The molecule has 4 nitrogen and oxygen atoms in total. The predicted molar refractivity (Wildman–Crippen MR) is 65.2 cm³/mol. The van der Waals surface area contributed by atoms with Crippen molar-refractivity contribution in [1.82, 2.24) is 19.6 Å². The normalized spacial score (nSPS) is 39.4. The summed E-state index contributed by atoms with van der Waals surface area (Å²) in [6, 6.07) is 0. The molecule has 4 aliphatic heterocycles. The van der Waals surface area contributed by atoms with Crippen LogP contribution in [0.4, 0.5) is 0 Å². The van der Waals surface area contributed by atoms with Gasteiger partial charge in [0.1, 0.15) is 0 Å². The highest BCUT2D eigenvalue weighted by atomic mass is 15.6. The first-order valence-corrected chi connectivity index (χ1v) is 6.90. The first kappa shape index (κ1) is 11.0. The zero-order chi connectivity index (χ0) is 11.1. The lowest BCUT2D eigenvalue weighted by atomic mass is 10.2. The smallest absolute Gasteiger partial charge is 0.0923 e. The Bertz CT molecular complexity index is 207. The van der Waals surface area contributed by atoms with Crippen LogP contribution in [-0.4, -0.2) is 84.3 Å². The van der Waals surface area contributed by atoms with Crippen LogP contribution in [0.2, 0.25) is 0 Å². The minimum Gasteiger partial charge on any atom is -0.283 e. The Hall–Kier alpha value is -0.160. The fraction of sp³-hybridized carbons (Fsp3) is 1.00. The Balaban J connectivity index is 0.000000386. The molecule has 0 unspecified atom stereocenters. The molecule has 16 heavy (non-hydrogen) atoms. The fourth-order valence-electron chi connectivity index (χ4n) is 3.75. The first-order chi connectivity index (χ1) is 7.93. The molecule has 0 aromatic rings. The lowest BCUT2D eigenvalue weighted by Gasteiger charge is -2.49. The molecular weight excluding hydrogens is 200 g/mol. The maximum atomic E-state index is 2.69. The van der Waals surface area contributed by atoms with Gasteiger partial charge in [0.25, 0.3) is 0 Å². The summed E-state index contributed by atoms with van der Waals surface area (Å²) in [5, 5.41) is 0. The molecule has 0 saturated carbocycles. The van der Waals surface area contributed by atoms with Gasteiger partial charge in [-0.05, 0) is 0 Å². The number of nitrogens with zero attached hydrogens (tertiary/aromatic N) is 4. The van der Waals surface area contributed by atoms with E-state index in [2.05, 4.69) is 19.6 Å². The van der Waals surface area contributed by atoms with Crippen molar-refractivity contribution in [1.29, 1.82) is 0 Å². The number of piperazine rings is 2. The summed E-state index contributed by atoms with van der Waals surface area (Å²) in [6.07, 6.45) is 1.47. The molecule has 4 rings (SSSR count). The predicted octanol–water partition coefficient (Wildman–Crippen LogP) is -0.0728. The van der Waals surface area contributed by atoms with E-state index in [9.17, 15) is 0 Å². The fourth-order valence-corrected chi connectivity index (χ4v) is 3.75. The molecule has 92 valence electrons. The highest BCUT2D eigenvalue weighted by Gasteiger charge is 2.50. The summed E-state index contributed by atoms with van der Waals surface area (Å²) in [6.45, 7) is 14.4. The van der Waals surface area contributed by atoms with Gasteiger partial charge in [0, 0.05) is 52.4 Å². The molecule has 0 aromatic heterocycles. The quantitative estimate of drug-likeness (QED) is 0.571. The lowest BCUT2D eigenvalue weighted by molar-refractivity contribution is -0.0745. The van der Waals surface area contributed by atoms with Gasteiger partial charge in [-0.3, -0.25) is 19.6 Å². The molecule has 4 heterocycles. The molecular formula is C12H24N4. The third-order valence-corrected chi connectivity index (χ3v) is 4.46. The van der Waals surface area contributed by atoms with E-state index in [1.54, 1.807) is 0 Å². The van der Waals surface area contributed by atoms with Gasteiger partial charge >= 0.3 is 0 Å². The summed E-state index contributed by atoms with van der Waals surface area (Å²) < 4.78 is 0. The van der Waals surface area contributed by atoms with Crippen molar-refractivity contribution >= 4 is 0 Å². The Morgan fingerprint density at radius 1 is 0.500 bits per heavy atom. The van der Waals surface area contributed by atoms with Crippen molar-refractivity contribution in [2.24, 2.45) is 0 Å². The van der Waals surface area contributed by atoms with E-state index >= 15 is 0 Å². The van der Waals surface area contributed by atoms with Gasteiger partial charge in [0.2, 0.25) is 0 Å². The van der Waals surface area contributed by atoms with Crippen LogP contribution in [0.25, 0.3) is 0 Å². The third-order valence-electron chi connectivity index (χ3n) is 4.46. The molecule has 0 radical (unpaired) electrons. The second kappa shape index (κ2) is 4.26. The van der Waals surface area contributed by atoms with Crippen LogP contribution < -0.4 is 0 Å². The van der Waals surface area contributed by atoms with Crippen LogP contribution in [0.5, 0.6) is 0 Å². The molecule has 0 bridgehead atoms. The topological polar surface area (TPSA) is 13.0 Å². The largest absolute Gasteiger partial charge is 0.283 e. The maximum Gasteiger partial charge on any atom is 0.0923 e. The Kier molecular flexibility index (Phi) is 2.92. The average Bonchev–Trinajstić information content (AvgIpc) is 2.92. The van der Waals surface area contributed by atoms with E-state index in [1.807, 2.05) is 13.8 Å². The van der Waals surface area contributed by atoms with Gasteiger partial charge in [0.05, 0.1) is 12.3 Å². The SMILES string of the molecule is C1CN2CCN3CCN4CCN1C2C43.CC. The van der Waals surface area contributed by atoms with Gasteiger partial charge < -0.3 is 0 Å². The molecule has 0 aromatic carbocycles. The van der Waals surface area contributed by atoms with E-state index in [0.29, 0.717) is 0 Å².